The normalized spacial score (nSPS) is 17.1. The van der Waals surface area contributed by atoms with Crippen molar-refractivity contribution in [1.29, 1.82) is 0 Å². The lowest BCUT2D eigenvalue weighted by Crippen LogP contribution is -2.25. The van der Waals surface area contributed by atoms with Crippen LogP contribution >= 0.6 is 0 Å². The second kappa shape index (κ2) is 3.70. The third-order valence-corrected chi connectivity index (χ3v) is 4.24. The molecule has 0 fully saturated rings. The molecule has 7 nitrogen and oxygen atoms in total. The lowest BCUT2D eigenvalue weighted by Gasteiger charge is -2.20. The number of hydrogen-bond acceptors (Lipinski definition) is 6. The third kappa shape index (κ3) is 1.75. The summed E-state index contributed by atoms with van der Waals surface area (Å²) in [6.45, 7) is 3.72. The van der Waals surface area contributed by atoms with Gasteiger partial charge < -0.3 is 15.6 Å². The van der Waals surface area contributed by atoms with Crippen LogP contribution in [0.1, 0.15) is 13.8 Å². The number of aromatic nitrogens is 1. The van der Waals surface area contributed by atoms with Crippen LogP contribution in [-0.2, 0) is 10.0 Å². The molecule has 19 heavy (non-hydrogen) atoms. The second-order valence-corrected chi connectivity index (χ2v) is 6.22. The summed E-state index contributed by atoms with van der Waals surface area (Å²) in [7, 11) is -3.72. The molecule has 1 aromatic carbocycles. The van der Waals surface area contributed by atoms with E-state index in [9.17, 15) is 8.42 Å². The Hall–Kier alpha value is -2.09. The molecule has 1 aliphatic heterocycles. The Labute approximate surface area is 109 Å². The van der Waals surface area contributed by atoms with Gasteiger partial charge in [-0.05, 0) is 6.07 Å². The fourth-order valence-electron chi connectivity index (χ4n) is 1.88. The van der Waals surface area contributed by atoms with Crippen molar-refractivity contribution in [3.05, 3.63) is 12.1 Å². The van der Waals surface area contributed by atoms with Crippen LogP contribution < -0.4 is 11.1 Å². The highest BCUT2D eigenvalue weighted by Crippen LogP contribution is 2.34. The molecule has 2 heterocycles. The molecule has 0 amide bonds. The fraction of sp³-hybridized carbons (Fsp3) is 0.273. The fourth-order valence-corrected chi connectivity index (χ4v) is 3.15. The van der Waals surface area contributed by atoms with Gasteiger partial charge in [-0.25, -0.2) is 0 Å². The van der Waals surface area contributed by atoms with Gasteiger partial charge in [0.05, 0.1) is 11.1 Å². The molecule has 3 rings (SSSR count). The maximum Gasteiger partial charge on any atom is 0.286 e. The van der Waals surface area contributed by atoms with Crippen LogP contribution in [0.2, 0.25) is 0 Å². The molecule has 0 saturated heterocycles. The van der Waals surface area contributed by atoms with Gasteiger partial charge in [0.25, 0.3) is 10.0 Å². The van der Waals surface area contributed by atoms with E-state index in [0.29, 0.717) is 22.5 Å². The molecular formula is C11H12N4O3S. The molecule has 0 spiro atoms. The number of hydrogen-bond donors (Lipinski definition) is 2. The summed E-state index contributed by atoms with van der Waals surface area (Å²) in [6.07, 6.45) is 0. The van der Waals surface area contributed by atoms with Crippen LogP contribution in [0.3, 0.4) is 0 Å². The van der Waals surface area contributed by atoms with Gasteiger partial charge in [-0.1, -0.05) is 19.0 Å². The van der Waals surface area contributed by atoms with Crippen molar-refractivity contribution in [1.82, 2.24) is 5.16 Å². The Morgan fingerprint density at radius 1 is 1.37 bits per heavy atom. The number of anilines is 2. The van der Waals surface area contributed by atoms with Gasteiger partial charge in [-0.3, -0.25) is 0 Å². The van der Waals surface area contributed by atoms with Gasteiger partial charge in [0.15, 0.2) is 11.4 Å². The minimum Gasteiger partial charge on any atom is -0.380 e. The van der Waals surface area contributed by atoms with Crippen molar-refractivity contribution < 1.29 is 12.9 Å². The molecule has 1 aromatic heterocycles. The molecule has 0 unspecified atom stereocenters. The van der Waals surface area contributed by atoms with Crippen molar-refractivity contribution in [3.63, 3.8) is 0 Å². The average Bonchev–Trinajstić information content (AvgIpc) is 2.68. The predicted molar refractivity (Wildman–Crippen MR) is 71.5 cm³/mol. The van der Waals surface area contributed by atoms with Crippen LogP contribution in [-0.4, -0.2) is 19.4 Å². The number of nitrogen functional groups attached to an aromatic ring is 1. The molecule has 8 heteroatoms. The summed E-state index contributed by atoms with van der Waals surface area (Å²) in [5.41, 5.74) is 6.48. The Kier molecular flexibility index (Phi) is 2.33. The summed E-state index contributed by atoms with van der Waals surface area (Å²) in [6, 6.07) is 3.00. The number of amidine groups is 1. The number of sulfonamides is 1. The van der Waals surface area contributed by atoms with Crippen molar-refractivity contribution in [3.8, 4) is 0 Å². The van der Waals surface area contributed by atoms with E-state index in [1.807, 2.05) is 13.8 Å². The summed E-state index contributed by atoms with van der Waals surface area (Å²) in [5.74, 6) is 0.532. The maximum atomic E-state index is 12.1. The second-order valence-electron chi connectivity index (χ2n) is 4.64. The van der Waals surface area contributed by atoms with Gasteiger partial charge in [-0.2, -0.15) is 8.42 Å². The van der Waals surface area contributed by atoms with E-state index in [1.54, 1.807) is 6.07 Å². The number of fused-ring (bicyclic) bond motifs is 2. The summed E-state index contributed by atoms with van der Waals surface area (Å²) >= 11 is 0. The van der Waals surface area contributed by atoms with E-state index in [0.717, 1.165) is 0 Å². The molecular weight excluding hydrogens is 268 g/mol. The zero-order chi connectivity index (χ0) is 13.8. The van der Waals surface area contributed by atoms with E-state index in [4.69, 9.17) is 10.3 Å². The number of rotatable bonds is 1. The van der Waals surface area contributed by atoms with Gasteiger partial charge >= 0.3 is 0 Å². The molecule has 100 valence electrons. The SMILES string of the molecule is CC(C)C1=NS(=O)(=O)c2cc3c(N)noc3cc2N1. The van der Waals surface area contributed by atoms with E-state index in [2.05, 4.69) is 14.9 Å². The van der Waals surface area contributed by atoms with Crippen molar-refractivity contribution in [2.45, 2.75) is 18.7 Å². The Bertz CT molecular complexity index is 805. The van der Waals surface area contributed by atoms with Crippen molar-refractivity contribution >= 4 is 38.3 Å². The lowest BCUT2D eigenvalue weighted by molar-refractivity contribution is 0.460. The third-order valence-electron chi connectivity index (χ3n) is 2.91. The topological polar surface area (TPSA) is 111 Å². The van der Waals surface area contributed by atoms with Gasteiger partial charge in [0, 0.05) is 12.0 Å². The van der Waals surface area contributed by atoms with Gasteiger partial charge in [-0.15, -0.1) is 4.40 Å². The predicted octanol–water partition coefficient (Wildman–Crippen LogP) is 1.58. The average molecular weight is 280 g/mol. The molecule has 0 radical (unpaired) electrons. The largest absolute Gasteiger partial charge is 0.380 e. The minimum atomic E-state index is -3.72. The van der Waals surface area contributed by atoms with E-state index >= 15 is 0 Å². The van der Waals surface area contributed by atoms with Crippen molar-refractivity contribution in [2.24, 2.45) is 10.3 Å². The first-order chi connectivity index (χ1) is 8.88. The zero-order valence-corrected chi connectivity index (χ0v) is 11.2. The smallest absolute Gasteiger partial charge is 0.286 e. The van der Waals surface area contributed by atoms with E-state index in [1.165, 1.54) is 6.07 Å². The molecule has 0 aliphatic carbocycles. The van der Waals surface area contributed by atoms with Crippen LogP contribution in [0.5, 0.6) is 0 Å². The number of nitrogens with zero attached hydrogens (tertiary/aromatic N) is 2. The molecule has 0 saturated carbocycles. The first-order valence-electron chi connectivity index (χ1n) is 5.69. The number of nitrogens with two attached hydrogens (primary N) is 1. The summed E-state index contributed by atoms with van der Waals surface area (Å²) in [4.78, 5) is 0.0827. The number of benzene rings is 1. The lowest BCUT2D eigenvalue weighted by atomic mass is 10.2. The molecule has 0 atom stereocenters. The van der Waals surface area contributed by atoms with E-state index < -0.39 is 10.0 Å². The standard InChI is InChI=1S/C11H12N4O3S/c1-5(2)11-13-7-4-8-6(10(12)14-18-8)3-9(7)19(16,17)15-11/h3-5H,1-2H3,(H2,12,14)(H,13,15). The van der Waals surface area contributed by atoms with Crippen LogP contribution in [0, 0.1) is 5.92 Å². The molecule has 2 aromatic rings. The van der Waals surface area contributed by atoms with E-state index in [-0.39, 0.29) is 16.6 Å². The summed E-state index contributed by atoms with van der Waals surface area (Å²) in [5, 5.41) is 7.07. The van der Waals surface area contributed by atoms with Gasteiger partial charge in [0.1, 0.15) is 10.7 Å². The zero-order valence-electron chi connectivity index (χ0n) is 10.3. The quantitative estimate of drug-likeness (QED) is 0.820. The van der Waals surface area contributed by atoms with Crippen LogP contribution in [0.15, 0.2) is 25.9 Å². The molecule has 1 aliphatic rings. The highest BCUT2D eigenvalue weighted by molar-refractivity contribution is 7.90. The Balaban J connectivity index is 2.29. The first-order valence-corrected chi connectivity index (χ1v) is 7.13. The van der Waals surface area contributed by atoms with Crippen LogP contribution in [0.25, 0.3) is 11.0 Å². The summed E-state index contributed by atoms with van der Waals surface area (Å²) < 4.78 is 33.1. The van der Waals surface area contributed by atoms with Crippen LogP contribution in [0.4, 0.5) is 11.5 Å². The highest BCUT2D eigenvalue weighted by atomic mass is 32.2. The Morgan fingerprint density at radius 2 is 2.11 bits per heavy atom. The van der Waals surface area contributed by atoms with Crippen molar-refractivity contribution in [2.75, 3.05) is 11.1 Å². The molecule has 0 bridgehead atoms. The first kappa shape index (κ1) is 12.0. The van der Waals surface area contributed by atoms with Gasteiger partial charge in [0.2, 0.25) is 0 Å². The Morgan fingerprint density at radius 3 is 2.79 bits per heavy atom. The highest BCUT2D eigenvalue weighted by Gasteiger charge is 2.27. The minimum absolute atomic E-state index is 0.0292. The monoisotopic (exact) mass is 280 g/mol. The molecule has 3 N–H and O–H groups in total. The maximum absolute atomic E-state index is 12.1. The number of nitrogens with one attached hydrogen (secondary N) is 1.